The number of hydrogen-bond acceptors (Lipinski definition) is 4. The quantitative estimate of drug-likeness (QED) is 0.914. The van der Waals surface area contributed by atoms with Gasteiger partial charge >= 0.3 is 0 Å². The Morgan fingerprint density at radius 1 is 1.32 bits per heavy atom. The van der Waals surface area contributed by atoms with Crippen molar-refractivity contribution in [1.82, 2.24) is 25.0 Å². The molecule has 0 bridgehead atoms. The van der Waals surface area contributed by atoms with Gasteiger partial charge in [-0.25, -0.2) is 0 Å². The molecular formula is C16H21N5O. The molecule has 1 amide bonds. The molecule has 0 fully saturated rings. The smallest absolute Gasteiger partial charge is 0.254 e. The summed E-state index contributed by atoms with van der Waals surface area (Å²) < 4.78 is 2.05. The summed E-state index contributed by atoms with van der Waals surface area (Å²) in [4.78, 5) is 14.0. The molecule has 0 spiro atoms. The van der Waals surface area contributed by atoms with Crippen LogP contribution in [-0.4, -0.2) is 39.2 Å². The van der Waals surface area contributed by atoms with Crippen LogP contribution >= 0.6 is 0 Å². The number of nitrogens with zero attached hydrogens (tertiary/aromatic N) is 4. The van der Waals surface area contributed by atoms with E-state index in [9.17, 15) is 4.79 Å². The van der Waals surface area contributed by atoms with Gasteiger partial charge in [-0.15, -0.1) is 10.2 Å². The first-order valence-corrected chi connectivity index (χ1v) is 7.54. The minimum atomic E-state index is 0.0686. The van der Waals surface area contributed by atoms with Crippen LogP contribution < -0.4 is 5.32 Å². The molecule has 1 atom stereocenters. The maximum absolute atomic E-state index is 12.2. The molecule has 6 nitrogen and oxygen atoms in total. The number of likely N-dealkylation sites (N-methyl/N-ethyl adjacent to an activating group) is 1. The second-order valence-corrected chi connectivity index (χ2v) is 5.90. The number of rotatable bonds is 5. The zero-order valence-electron chi connectivity index (χ0n) is 13.2. The molecule has 0 radical (unpaired) electrons. The molecule has 3 rings (SSSR count). The third-order valence-corrected chi connectivity index (χ3v) is 4.16. The molecule has 1 unspecified atom stereocenters. The van der Waals surface area contributed by atoms with Crippen LogP contribution in [0.5, 0.6) is 0 Å². The van der Waals surface area contributed by atoms with E-state index in [2.05, 4.69) is 29.4 Å². The van der Waals surface area contributed by atoms with Gasteiger partial charge in [-0.1, -0.05) is 18.2 Å². The predicted octanol–water partition coefficient (Wildman–Crippen LogP) is 1.78. The van der Waals surface area contributed by atoms with Crippen LogP contribution in [0.25, 0.3) is 0 Å². The Bertz CT molecular complexity index is 679. The molecule has 116 valence electrons. The van der Waals surface area contributed by atoms with Crippen molar-refractivity contribution in [1.29, 1.82) is 0 Å². The van der Waals surface area contributed by atoms with Gasteiger partial charge in [0.1, 0.15) is 12.2 Å². The minimum Gasteiger partial charge on any atom is -0.333 e. The first-order valence-electron chi connectivity index (χ1n) is 7.54. The fourth-order valence-corrected chi connectivity index (χ4v) is 2.91. The standard InChI is InChI=1S/C16H21N5O/c1-11(2)21-10-18-19-15(21)9-17-8-14-12-6-4-5-7-13(12)16(22)20(14)3/h4-7,10-11,14,17H,8-9H2,1-3H3. The minimum absolute atomic E-state index is 0.0686. The molecule has 0 saturated heterocycles. The average Bonchev–Trinajstić information content (AvgIpc) is 3.07. The van der Waals surface area contributed by atoms with Gasteiger partial charge < -0.3 is 14.8 Å². The van der Waals surface area contributed by atoms with Gasteiger partial charge in [0.2, 0.25) is 0 Å². The zero-order valence-corrected chi connectivity index (χ0v) is 13.2. The van der Waals surface area contributed by atoms with Crippen molar-refractivity contribution in [3.63, 3.8) is 0 Å². The Labute approximate surface area is 130 Å². The fraction of sp³-hybridized carbons (Fsp3) is 0.438. The average molecular weight is 299 g/mol. The largest absolute Gasteiger partial charge is 0.333 e. The van der Waals surface area contributed by atoms with Crippen molar-refractivity contribution in [2.75, 3.05) is 13.6 Å². The van der Waals surface area contributed by atoms with Gasteiger partial charge in [0.15, 0.2) is 0 Å². The van der Waals surface area contributed by atoms with E-state index in [1.165, 1.54) is 0 Å². The summed E-state index contributed by atoms with van der Waals surface area (Å²) in [7, 11) is 1.85. The molecule has 22 heavy (non-hydrogen) atoms. The van der Waals surface area contributed by atoms with Crippen molar-refractivity contribution >= 4 is 5.91 Å². The second kappa shape index (κ2) is 5.88. The second-order valence-electron chi connectivity index (χ2n) is 5.90. The summed E-state index contributed by atoms with van der Waals surface area (Å²) in [5.74, 6) is 1.00. The van der Waals surface area contributed by atoms with Gasteiger partial charge in [0.25, 0.3) is 5.91 Å². The summed E-state index contributed by atoms with van der Waals surface area (Å²) in [6.07, 6.45) is 1.75. The number of amides is 1. The van der Waals surface area contributed by atoms with Gasteiger partial charge in [-0.2, -0.15) is 0 Å². The lowest BCUT2D eigenvalue weighted by Crippen LogP contribution is -2.31. The Kier molecular flexibility index (Phi) is 3.94. The Morgan fingerprint density at radius 2 is 2.09 bits per heavy atom. The highest BCUT2D eigenvalue weighted by Gasteiger charge is 2.33. The molecular weight excluding hydrogens is 278 g/mol. The maximum atomic E-state index is 12.2. The van der Waals surface area contributed by atoms with E-state index in [-0.39, 0.29) is 11.9 Å². The summed E-state index contributed by atoms with van der Waals surface area (Å²) in [6.45, 7) is 5.54. The monoisotopic (exact) mass is 299 g/mol. The normalized spacial score (nSPS) is 17.4. The van der Waals surface area contributed by atoms with Crippen LogP contribution in [0.4, 0.5) is 0 Å². The van der Waals surface area contributed by atoms with Crippen LogP contribution in [-0.2, 0) is 6.54 Å². The predicted molar refractivity (Wildman–Crippen MR) is 83.4 cm³/mol. The number of nitrogens with one attached hydrogen (secondary N) is 1. The summed E-state index contributed by atoms with van der Waals surface area (Å²) in [6, 6.07) is 8.21. The molecule has 6 heteroatoms. The van der Waals surface area contributed by atoms with E-state index in [0.29, 0.717) is 19.1 Å². The van der Waals surface area contributed by atoms with Gasteiger partial charge in [-0.05, 0) is 25.5 Å². The lowest BCUT2D eigenvalue weighted by atomic mass is 10.0. The fourth-order valence-electron chi connectivity index (χ4n) is 2.91. The molecule has 1 aliphatic heterocycles. The lowest BCUT2D eigenvalue weighted by Gasteiger charge is -2.21. The van der Waals surface area contributed by atoms with Crippen LogP contribution in [0.2, 0.25) is 0 Å². The van der Waals surface area contributed by atoms with Crippen molar-refractivity contribution in [2.45, 2.75) is 32.5 Å². The van der Waals surface area contributed by atoms with Crippen molar-refractivity contribution in [3.8, 4) is 0 Å². The van der Waals surface area contributed by atoms with E-state index >= 15 is 0 Å². The number of carbonyl (C=O) groups is 1. The summed E-state index contributed by atoms with van der Waals surface area (Å²) in [5, 5.41) is 11.5. The topological polar surface area (TPSA) is 63.1 Å². The molecule has 2 aromatic rings. The highest BCUT2D eigenvalue weighted by Crippen LogP contribution is 2.31. The Balaban J connectivity index is 1.67. The molecule has 1 N–H and O–H groups in total. The number of carbonyl (C=O) groups excluding carboxylic acids is 1. The molecule has 1 aliphatic rings. The highest BCUT2D eigenvalue weighted by molar-refractivity contribution is 5.99. The molecule has 2 heterocycles. The molecule has 1 aromatic carbocycles. The Hall–Kier alpha value is -2.21. The van der Waals surface area contributed by atoms with Crippen LogP contribution in [0, 0.1) is 0 Å². The van der Waals surface area contributed by atoms with E-state index < -0.39 is 0 Å². The summed E-state index contributed by atoms with van der Waals surface area (Å²) in [5.41, 5.74) is 1.90. The SMILES string of the molecule is CC(C)n1cnnc1CNCC1c2ccccc2C(=O)N1C. The van der Waals surface area contributed by atoms with E-state index in [0.717, 1.165) is 17.0 Å². The zero-order chi connectivity index (χ0) is 15.7. The first-order chi connectivity index (χ1) is 10.6. The molecule has 0 aliphatic carbocycles. The summed E-state index contributed by atoms with van der Waals surface area (Å²) >= 11 is 0. The van der Waals surface area contributed by atoms with Gasteiger partial charge in [-0.3, -0.25) is 4.79 Å². The van der Waals surface area contributed by atoms with Crippen molar-refractivity contribution in [3.05, 3.63) is 47.5 Å². The number of aromatic nitrogens is 3. The van der Waals surface area contributed by atoms with Gasteiger partial charge in [0, 0.05) is 25.2 Å². The highest BCUT2D eigenvalue weighted by atomic mass is 16.2. The van der Waals surface area contributed by atoms with E-state index in [1.54, 1.807) is 11.2 Å². The van der Waals surface area contributed by atoms with Crippen LogP contribution in [0.15, 0.2) is 30.6 Å². The van der Waals surface area contributed by atoms with Crippen LogP contribution in [0.3, 0.4) is 0 Å². The Morgan fingerprint density at radius 3 is 2.86 bits per heavy atom. The maximum Gasteiger partial charge on any atom is 0.254 e. The number of hydrogen-bond donors (Lipinski definition) is 1. The van der Waals surface area contributed by atoms with Crippen molar-refractivity contribution < 1.29 is 4.79 Å². The lowest BCUT2D eigenvalue weighted by molar-refractivity contribution is 0.0773. The molecule has 1 aromatic heterocycles. The third-order valence-electron chi connectivity index (χ3n) is 4.16. The van der Waals surface area contributed by atoms with E-state index in [1.807, 2.05) is 35.9 Å². The van der Waals surface area contributed by atoms with Gasteiger partial charge in [0.05, 0.1) is 12.6 Å². The van der Waals surface area contributed by atoms with E-state index in [4.69, 9.17) is 0 Å². The third kappa shape index (κ3) is 2.50. The molecule has 0 saturated carbocycles. The number of benzene rings is 1. The van der Waals surface area contributed by atoms with Crippen molar-refractivity contribution in [2.24, 2.45) is 0 Å². The number of fused-ring (bicyclic) bond motifs is 1. The first kappa shape index (κ1) is 14.7. The van der Waals surface area contributed by atoms with Crippen LogP contribution in [0.1, 0.15) is 47.7 Å².